The Balaban J connectivity index is 1.89. The van der Waals surface area contributed by atoms with Gasteiger partial charge in [0.25, 0.3) is 11.8 Å². The van der Waals surface area contributed by atoms with E-state index in [-0.39, 0.29) is 5.82 Å². The molecule has 122 valence electrons. The second-order valence-corrected chi connectivity index (χ2v) is 5.51. The van der Waals surface area contributed by atoms with Gasteiger partial charge in [0.2, 0.25) is 0 Å². The van der Waals surface area contributed by atoms with Crippen molar-refractivity contribution in [2.75, 3.05) is 0 Å². The van der Waals surface area contributed by atoms with Crippen molar-refractivity contribution in [3.8, 4) is 22.5 Å². The lowest BCUT2D eigenvalue weighted by atomic mass is 10.0. The number of hydrogen-bond acceptors (Lipinski definition) is 5. The fraction of sp³-hybridized carbons (Fsp3) is 0.0556. The molecule has 7 heteroatoms. The predicted molar refractivity (Wildman–Crippen MR) is 89.7 cm³/mol. The van der Waals surface area contributed by atoms with Gasteiger partial charge in [0.05, 0.1) is 0 Å². The SMILES string of the molecule is O=C1NNC(=O)C1c1nnc(-c2ccccc2)c(-c2ccccc2)n1. The average Bonchev–Trinajstić information content (AvgIpc) is 3.01. The summed E-state index contributed by atoms with van der Waals surface area (Å²) in [5.41, 5.74) is 7.40. The number of hydrazine groups is 1. The summed E-state index contributed by atoms with van der Waals surface area (Å²) in [5.74, 6) is -2.00. The third-order valence-electron chi connectivity index (χ3n) is 3.89. The summed E-state index contributed by atoms with van der Waals surface area (Å²) in [5, 5.41) is 8.31. The van der Waals surface area contributed by atoms with Crippen molar-refractivity contribution >= 4 is 11.8 Å². The van der Waals surface area contributed by atoms with Crippen LogP contribution in [0, 0.1) is 0 Å². The molecule has 4 rings (SSSR count). The molecule has 1 aromatic heterocycles. The molecule has 1 fully saturated rings. The molecular formula is C18H13N5O2. The van der Waals surface area contributed by atoms with E-state index in [9.17, 15) is 9.59 Å². The fourth-order valence-corrected chi connectivity index (χ4v) is 2.67. The summed E-state index contributed by atoms with van der Waals surface area (Å²) < 4.78 is 0. The molecule has 7 nitrogen and oxygen atoms in total. The van der Waals surface area contributed by atoms with Gasteiger partial charge in [-0.1, -0.05) is 60.7 Å². The zero-order chi connectivity index (χ0) is 17.2. The molecule has 25 heavy (non-hydrogen) atoms. The molecule has 0 saturated carbocycles. The highest BCUT2D eigenvalue weighted by Gasteiger charge is 2.37. The van der Waals surface area contributed by atoms with Crippen molar-refractivity contribution in [3.63, 3.8) is 0 Å². The Bertz CT molecular complexity index is 928. The molecule has 1 aliphatic rings. The summed E-state index contributed by atoms with van der Waals surface area (Å²) in [6.07, 6.45) is 0. The van der Waals surface area contributed by atoms with E-state index in [4.69, 9.17) is 0 Å². The van der Waals surface area contributed by atoms with Gasteiger partial charge in [-0.3, -0.25) is 20.4 Å². The largest absolute Gasteiger partial charge is 0.272 e. The van der Waals surface area contributed by atoms with Crippen LogP contribution >= 0.6 is 0 Å². The van der Waals surface area contributed by atoms with Crippen LogP contribution in [0.2, 0.25) is 0 Å². The molecule has 2 N–H and O–H groups in total. The maximum absolute atomic E-state index is 11.9. The Morgan fingerprint density at radius 1 is 0.680 bits per heavy atom. The van der Waals surface area contributed by atoms with Gasteiger partial charge < -0.3 is 0 Å². The van der Waals surface area contributed by atoms with E-state index in [0.717, 1.165) is 11.1 Å². The van der Waals surface area contributed by atoms with Crippen molar-refractivity contribution in [1.82, 2.24) is 26.0 Å². The van der Waals surface area contributed by atoms with E-state index in [1.54, 1.807) is 0 Å². The Morgan fingerprint density at radius 3 is 1.76 bits per heavy atom. The topological polar surface area (TPSA) is 96.9 Å². The first-order valence-corrected chi connectivity index (χ1v) is 7.69. The number of nitrogens with zero attached hydrogens (tertiary/aromatic N) is 3. The summed E-state index contributed by atoms with van der Waals surface area (Å²) in [6, 6.07) is 19.0. The molecule has 0 aliphatic carbocycles. The van der Waals surface area contributed by atoms with Crippen molar-refractivity contribution < 1.29 is 9.59 Å². The van der Waals surface area contributed by atoms with E-state index in [1.165, 1.54) is 0 Å². The van der Waals surface area contributed by atoms with E-state index >= 15 is 0 Å². The highest BCUT2D eigenvalue weighted by molar-refractivity contribution is 6.09. The lowest BCUT2D eigenvalue weighted by molar-refractivity contribution is -0.124. The highest BCUT2D eigenvalue weighted by Crippen LogP contribution is 2.29. The van der Waals surface area contributed by atoms with Gasteiger partial charge in [-0.05, 0) is 0 Å². The lowest BCUT2D eigenvalue weighted by Crippen LogP contribution is -2.28. The quantitative estimate of drug-likeness (QED) is 0.708. The Kier molecular flexibility index (Phi) is 3.66. The summed E-state index contributed by atoms with van der Waals surface area (Å²) in [4.78, 5) is 28.3. The number of rotatable bonds is 3. The molecule has 0 atom stereocenters. The van der Waals surface area contributed by atoms with Crippen LogP contribution < -0.4 is 10.9 Å². The molecule has 0 bridgehead atoms. The third kappa shape index (κ3) is 2.72. The minimum absolute atomic E-state index is 0.0750. The van der Waals surface area contributed by atoms with Gasteiger partial charge in [-0.25, -0.2) is 4.98 Å². The van der Waals surface area contributed by atoms with Crippen molar-refractivity contribution in [1.29, 1.82) is 0 Å². The molecule has 2 heterocycles. The van der Waals surface area contributed by atoms with Gasteiger partial charge in [-0.2, -0.15) is 0 Å². The van der Waals surface area contributed by atoms with E-state index < -0.39 is 17.7 Å². The number of hydrogen-bond donors (Lipinski definition) is 2. The number of carbonyl (C=O) groups is 2. The van der Waals surface area contributed by atoms with E-state index in [2.05, 4.69) is 26.0 Å². The van der Waals surface area contributed by atoms with Crippen molar-refractivity contribution in [3.05, 3.63) is 66.5 Å². The first-order valence-electron chi connectivity index (χ1n) is 7.69. The molecule has 0 radical (unpaired) electrons. The zero-order valence-electron chi connectivity index (χ0n) is 13.0. The van der Waals surface area contributed by atoms with Crippen LogP contribution in [0.1, 0.15) is 11.7 Å². The lowest BCUT2D eigenvalue weighted by Gasteiger charge is -2.10. The standard InChI is InChI=1S/C18H13N5O2/c24-17-13(18(25)23-22-17)16-19-14(11-7-3-1-4-8-11)15(20-21-16)12-9-5-2-6-10-12/h1-10,13H,(H,22,24)(H,23,25). The molecule has 2 aromatic carbocycles. The molecule has 0 spiro atoms. The van der Waals surface area contributed by atoms with E-state index in [1.807, 2.05) is 60.7 Å². The zero-order valence-corrected chi connectivity index (χ0v) is 13.0. The van der Waals surface area contributed by atoms with Crippen LogP contribution in [0.4, 0.5) is 0 Å². The molecule has 1 saturated heterocycles. The number of nitrogens with one attached hydrogen (secondary N) is 2. The van der Waals surface area contributed by atoms with Gasteiger partial charge in [-0.15, -0.1) is 10.2 Å². The number of amides is 2. The van der Waals surface area contributed by atoms with Crippen LogP contribution in [0.15, 0.2) is 60.7 Å². The van der Waals surface area contributed by atoms with Gasteiger partial charge >= 0.3 is 0 Å². The fourth-order valence-electron chi connectivity index (χ4n) is 2.67. The van der Waals surface area contributed by atoms with Crippen LogP contribution in [0.25, 0.3) is 22.5 Å². The van der Waals surface area contributed by atoms with Crippen LogP contribution in [-0.4, -0.2) is 27.0 Å². The van der Waals surface area contributed by atoms with Crippen LogP contribution in [-0.2, 0) is 9.59 Å². The number of carbonyl (C=O) groups excluding carboxylic acids is 2. The first-order chi connectivity index (χ1) is 12.2. The summed E-state index contributed by atoms with van der Waals surface area (Å²) >= 11 is 0. The summed E-state index contributed by atoms with van der Waals surface area (Å²) in [6.45, 7) is 0. The van der Waals surface area contributed by atoms with Crippen LogP contribution in [0.5, 0.6) is 0 Å². The van der Waals surface area contributed by atoms with Crippen LogP contribution in [0.3, 0.4) is 0 Å². The normalized spacial score (nSPS) is 14.2. The second-order valence-electron chi connectivity index (χ2n) is 5.51. The molecule has 0 unspecified atom stereocenters. The number of aromatic nitrogens is 3. The van der Waals surface area contributed by atoms with Crippen molar-refractivity contribution in [2.45, 2.75) is 5.92 Å². The predicted octanol–water partition coefficient (Wildman–Crippen LogP) is 1.45. The average molecular weight is 331 g/mol. The smallest absolute Gasteiger partial charge is 0.258 e. The van der Waals surface area contributed by atoms with Crippen molar-refractivity contribution in [2.24, 2.45) is 0 Å². The highest BCUT2D eigenvalue weighted by atomic mass is 16.2. The minimum Gasteiger partial charge on any atom is -0.272 e. The van der Waals surface area contributed by atoms with Gasteiger partial charge in [0.15, 0.2) is 11.7 Å². The third-order valence-corrected chi connectivity index (χ3v) is 3.89. The minimum atomic E-state index is -1.10. The van der Waals surface area contributed by atoms with Gasteiger partial charge in [0, 0.05) is 11.1 Å². The molecular weight excluding hydrogens is 318 g/mol. The summed E-state index contributed by atoms with van der Waals surface area (Å²) in [7, 11) is 0. The Hall–Kier alpha value is -3.61. The maximum Gasteiger partial charge on any atom is 0.258 e. The monoisotopic (exact) mass is 331 g/mol. The molecule has 2 amide bonds. The Morgan fingerprint density at radius 2 is 1.20 bits per heavy atom. The van der Waals surface area contributed by atoms with Gasteiger partial charge in [0.1, 0.15) is 11.4 Å². The molecule has 3 aromatic rings. The maximum atomic E-state index is 11.9. The second kappa shape index (κ2) is 6.12. The van der Waals surface area contributed by atoms with E-state index in [0.29, 0.717) is 11.4 Å². The molecule has 1 aliphatic heterocycles. The number of benzene rings is 2. The first kappa shape index (κ1) is 14.9. The Labute approximate surface area is 143 Å².